The van der Waals surface area contributed by atoms with Gasteiger partial charge in [-0.2, -0.15) is 0 Å². The fourth-order valence-corrected chi connectivity index (χ4v) is 6.73. The number of benzene rings is 2. The maximum atomic E-state index is 13.0. The molecule has 6 heteroatoms. The number of carbonyl (C=O) groups excluding carboxylic acids is 1. The summed E-state index contributed by atoms with van der Waals surface area (Å²) in [7, 11) is -3.15. The number of anilines is 1. The quantitative estimate of drug-likeness (QED) is 0.377. The SMILES string of the molecule is CCOP(=O)(Cc1ccc(NC(=O)C2=Cc3cc(C4CCCCC4)ccc3CC2)cc1)OCC. The lowest BCUT2D eigenvalue weighted by Gasteiger charge is -2.24. The molecular weight excluding hydrogens is 445 g/mol. The summed E-state index contributed by atoms with van der Waals surface area (Å²) in [5.74, 6) is 0.599. The van der Waals surface area contributed by atoms with Gasteiger partial charge < -0.3 is 14.4 Å². The molecule has 0 radical (unpaired) electrons. The molecule has 2 aliphatic rings. The highest BCUT2D eigenvalue weighted by Gasteiger charge is 2.24. The summed E-state index contributed by atoms with van der Waals surface area (Å²) in [6.45, 7) is 4.29. The van der Waals surface area contributed by atoms with Gasteiger partial charge in [-0.3, -0.25) is 9.36 Å². The number of carbonyl (C=O) groups is 1. The average Bonchev–Trinajstić information content (AvgIpc) is 2.85. The second-order valence-electron chi connectivity index (χ2n) is 9.22. The highest BCUT2D eigenvalue weighted by Crippen LogP contribution is 2.51. The summed E-state index contributed by atoms with van der Waals surface area (Å²) in [4.78, 5) is 13.0. The maximum Gasteiger partial charge on any atom is 0.335 e. The largest absolute Gasteiger partial charge is 0.335 e. The van der Waals surface area contributed by atoms with Gasteiger partial charge in [0.2, 0.25) is 0 Å². The van der Waals surface area contributed by atoms with Crippen LogP contribution < -0.4 is 5.32 Å². The predicted octanol–water partition coefficient (Wildman–Crippen LogP) is 7.47. The van der Waals surface area contributed by atoms with Gasteiger partial charge in [0, 0.05) is 11.3 Å². The van der Waals surface area contributed by atoms with Crippen molar-refractivity contribution in [3.8, 4) is 0 Å². The van der Waals surface area contributed by atoms with E-state index in [1.165, 1.54) is 48.8 Å². The van der Waals surface area contributed by atoms with Crippen molar-refractivity contribution in [2.24, 2.45) is 0 Å². The molecule has 1 fully saturated rings. The Hall–Kier alpha value is -2.20. The molecule has 1 N–H and O–H groups in total. The Labute approximate surface area is 203 Å². The van der Waals surface area contributed by atoms with E-state index >= 15 is 0 Å². The highest BCUT2D eigenvalue weighted by molar-refractivity contribution is 7.53. The topological polar surface area (TPSA) is 64.6 Å². The van der Waals surface area contributed by atoms with Crippen LogP contribution in [-0.2, 0) is 31.0 Å². The normalized spacial score (nSPS) is 16.6. The molecule has 2 aromatic rings. The standard InChI is InChI=1S/C28H36NO4P/c1-3-32-34(31,33-4-2)20-21-10-16-27(17-11-21)29-28(30)25-15-13-23-12-14-24(18-26(23)19-25)22-8-6-5-7-9-22/h10-12,14,16-19,22H,3-9,13,15,20H2,1-2H3,(H,29,30). The van der Waals surface area contributed by atoms with Gasteiger partial charge in [-0.1, -0.05) is 49.6 Å². The number of aryl methyl sites for hydroxylation is 1. The molecule has 2 aromatic carbocycles. The predicted molar refractivity (Wildman–Crippen MR) is 138 cm³/mol. The van der Waals surface area contributed by atoms with E-state index in [1.54, 1.807) is 13.8 Å². The Morgan fingerprint density at radius 1 is 0.971 bits per heavy atom. The maximum absolute atomic E-state index is 13.0. The molecule has 0 bridgehead atoms. The Morgan fingerprint density at radius 2 is 1.68 bits per heavy atom. The molecule has 0 aliphatic heterocycles. The minimum Gasteiger partial charge on any atom is -0.322 e. The molecule has 34 heavy (non-hydrogen) atoms. The molecular formula is C28H36NO4P. The number of amides is 1. The van der Waals surface area contributed by atoms with Crippen molar-refractivity contribution in [3.63, 3.8) is 0 Å². The first-order chi connectivity index (χ1) is 16.5. The van der Waals surface area contributed by atoms with E-state index in [0.29, 0.717) is 19.1 Å². The van der Waals surface area contributed by atoms with Gasteiger partial charge in [0.05, 0.1) is 19.4 Å². The molecule has 5 nitrogen and oxygen atoms in total. The van der Waals surface area contributed by atoms with E-state index in [-0.39, 0.29) is 12.1 Å². The number of hydrogen-bond acceptors (Lipinski definition) is 4. The lowest BCUT2D eigenvalue weighted by molar-refractivity contribution is -0.112. The van der Waals surface area contributed by atoms with Crippen LogP contribution in [0.4, 0.5) is 5.69 Å². The van der Waals surface area contributed by atoms with Crippen molar-refractivity contribution in [2.45, 2.75) is 70.9 Å². The second kappa shape index (κ2) is 11.5. The van der Waals surface area contributed by atoms with Gasteiger partial charge in [-0.25, -0.2) is 0 Å². The molecule has 1 amide bonds. The number of rotatable bonds is 9. The van der Waals surface area contributed by atoms with Gasteiger partial charge in [0.1, 0.15) is 0 Å². The molecule has 1 saturated carbocycles. The third-order valence-electron chi connectivity index (χ3n) is 6.77. The molecule has 182 valence electrons. The van der Waals surface area contributed by atoms with E-state index in [0.717, 1.165) is 29.7 Å². The fraction of sp³-hybridized carbons (Fsp3) is 0.464. The highest BCUT2D eigenvalue weighted by atomic mass is 31.2. The van der Waals surface area contributed by atoms with Crippen molar-refractivity contribution in [1.29, 1.82) is 0 Å². The fourth-order valence-electron chi connectivity index (χ4n) is 5.02. The third kappa shape index (κ3) is 6.27. The first kappa shape index (κ1) is 24.9. The number of fused-ring (bicyclic) bond motifs is 1. The van der Waals surface area contributed by atoms with Crippen molar-refractivity contribution >= 4 is 25.3 Å². The molecule has 2 aliphatic carbocycles. The Morgan fingerprint density at radius 3 is 2.35 bits per heavy atom. The minimum atomic E-state index is -3.15. The summed E-state index contributed by atoms with van der Waals surface area (Å²) < 4.78 is 23.5. The van der Waals surface area contributed by atoms with Crippen LogP contribution in [0.2, 0.25) is 0 Å². The van der Waals surface area contributed by atoms with E-state index in [9.17, 15) is 9.36 Å². The van der Waals surface area contributed by atoms with Crippen molar-refractivity contribution in [3.05, 3.63) is 70.3 Å². The summed E-state index contributed by atoms with van der Waals surface area (Å²) in [5.41, 5.74) is 6.33. The molecule has 0 heterocycles. The van der Waals surface area contributed by atoms with Crippen molar-refractivity contribution in [1.82, 2.24) is 0 Å². The lowest BCUT2D eigenvalue weighted by Crippen LogP contribution is -2.17. The van der Waals surface area contributed by atoms with Crippen LogP contribution >= 0.6 is 7.60 Å². The van der Waals surface area contributed by atoms with Gasteiger partial charge in [-0.15, -0.1) is 0 Å². The second-order valence-corrected chi connectivity index (χ2v) is 11.3. The lowest BCUT2D eigenvalue weighted by atomic mass is 9.81. The van der Waals surface area contributed by atoms with Crippen LogP contribution in [0.5, 0.6) is 0 Å². The molecule has 0 unspecified atom stereocenters. The van der Waals surface area contributed by atoms with Crippen LogP contribution in [0.15, 0.2) is 48.0 Å². The van der Waals surface area contributed by atoms with Crippen LogP contribution in [0, 0.1) is 0 Å². The minimum absolute atomic E-state index is 0.0595. The average molecular weight is 482 g/mol. The van der Waals surface area contributed by atoms with Crippen LogP contribution in [0.1, 0.15) is 80.5 Å². The Balaban J connectivity index is 1.42. The van der Waals surface area contributed by atoms with Crippen molar-refractivity contribution in [2.75, 3.05) is 18.5 Å². The molecule has 4 rings (SSSR count). The smallest absolute Gasteiger partial charge is 0.322 e. The first-order valence-corrected chi connectivity index (χ1v) is 14.3. The van der Waals surface area contributed by atoms with Gasteiger partial charge in [0.25, 0.3) is 5.91 Å². The molecule has 0 spiro atoms. The zero-order chi connectivity index (χ0) is 24.0. The first-order valence-electron chi connectivity index (χ1n) is 12.6. The summed E-state index contributed by atoms with van der Waals surface area (Å²) in [6, 6.07) is 14.3. The van der Waals surface area contributed by atoms with Gasteiger partial charge in [-0.05, 0) is 85.9 Å². The third-order valence-corrected chi connectivity index (χ3v) is 8.83. The van der Waals surface area contributed by atoms with E-state index in [4.69, 9.17) is 9.05 Å². The van der Waals surface area contributed by atoms with E-state index < -0.39 is 7.60 Å². The number of nitrogens with one attached hydrogen (secondary N) is 1. The zero-order valence-corrected chi connectivity index (χ0v) is 21.2. The molecule has 0 saturated heterocycles. The molecule has 0 aromatic heterocycles. The van der Waals surface area contributed by atoms with Gasteiger partial charge >= 0.3 is 7.60 Å². The van der Waals surface area contributed by atoms with Crippen molar-refractivity contribution < 1.29 is 18.4 Å². The number of hydrogen-bond donors (Lipinski definition) is 1. The van der Waals surface area contributed by atoms with Crippen LogP contribution in [0.3, 0.4) is 0 Å². The molecule has 0 atom stereocenters. The zero-order valence-electron chi connectivity index (χ0n) is 20.3. The Bertz CT molecular complexity index is 1060. The monoisotopic (exact) mass is 481 g/mol. The summed E-state index contributed by atoms with van der Waals surface area (Å²) in [5, 5.41) is 3.02. The summed E-state index contributed by atoms with van der Waals surface area (Å²) >= 11 is 0. The Kier molecular flexibility index (Phi) is 8.41. The van der Waals surface area contributed by atoms with E-state index in [2.05, 4.69) is 29.6 Å². The van der Waals surface area contributed by atoms with Gasteiger partial charge in [0.15, 0.2) is 0 Å². The van der Waals surface area contributed by atoms with E-state index in [1.807, 2.05) is 24.3 Å². The van der Waals surface area contributed by atoms with Crippen LogP contribution in [-0.4, -0.2) is 19.1 Å². The summed E-state index contributed by atoms with van der Waals surface area (Å²) in [6.07, 6.45) is 10.5. The van der Waals surface area contributed by atoms with Crippen LogP contribution in [0.25, 0.3) is 6.08 Å².